The molecule has 2 aliphatic rings. The van der Waals surface area contributed by atoms with Crippen molar-refractivity contribution in [2.75, 3.05) is 37.7 Å². The smallest absolute Gasteiger partial charge is 0.323 e. The number of fused-ring (bicyclic) bond motifs is 1. The third-order valence-corrected chi connectivity index (χ3v) is 6.19. The Kier molecular flexibility index (Phi) is 9.01. The number of hydrogen-bond acceptors (Lipinski definition) is 6. The fourth-order valence-corrected chi connectivity index (χ4v) is 4.45. The lowest BCUT2D eigenvalue weighted by molar-refractivity contribution is -0.142. The molecule has 1 amide bonds. The molecule has 0 bridgehead atoms. The third-order valence-electron chi connectivity index (χ3n) is 6.19. The normalized spacial score (nSPS) is 20.4. The van der Waals surface area contributed by atoms with Crippen LogP contribution in [0, 0.1) is 5.92 Å². The Labute approximate surface area is 188 Å². The van der Waals surface area contributed by atoms with Crippen LogP contribution in [0.5, 0.6) is 0 Å². The lowest BCUT2D eigenvalue weighted by Gasteiger charge is -2.26. The first-order chi connectivity index (χ1) is 15.5. The number of para-hydroxylation sites is 1. The minimum Gasteiger partial charge on any atom is -0.480 e. The number of aryl methyl sites for hydroxylation is 1. The zero-order chi connectivity index (χ0) is 22.9. The summed E-state index contributed by atoms with van der Waals surface area (Å²) in [6.45, 7) is 2.06. The Balaban J connectivity index is 1.55. The minimum absolute atomic E-state index is 0.0444. The molecular formula is C23H33N3O6. The van der Waals surface area contributed by atoms with Crippen LogP contribution in [-0.4, -0.2) is 73.0 Å². The van der Waals surface area contributed by atoms with Crippen LogP contribution < -0.4 is 15.5 Å². The van der Waals surface area contributed by atoms with E-state index in [-0.39, 0.29) is 6.61 Å². The summed E-state index contributed by atoms with van der Waals surface area (Å²) in [6.07, 6.45) is 5.19. The second kappa shape index (κ2) is 11.9. The molecule has 2 heterocycles. The highest BCUT2D eigenvalue weighted by Gasteiger charge is 2.34. The fraction of sp³-hybridized carbons (Fsp3) is 0.609. The number of ether oxygens (including phenoxy) is 1. The molecule has 4 N–H and O–H groups in total. The number of rotatable bonds is 11. The first-order valence-corrected chi connectivity index (χ1v) is 11.3. The monoisotopic (exact) mass is 447 g/mol. The molecular weight excluding hydrogens is 414 g/mol. The van der Waals surface area contributed by atoms with Crippen molar-refractivity contribution in [2.24, 2.45) is 5.92 Å². The molecule has 1 fully saturated rings. The number of hydrogen-bond donors (Lipinski definition) is 4. The summed E-state index contributed by atoms with van der Waals surface area (Å²) in [5.41, 5.74) is 1.43. The number of carbonyl (C=O) groups is 3. The Morgan fingerprint density at radius 3 is 2.66 bits per heavy atom. The van der Waals surface area contributed by atoms with Crippen molar-refractivity contribution in [1.82, 2.24) is 10.6 Å². The van der Waals surface area contributed by atoms with Crippen molar-refractivity contribution in [1.29, 1.82) is 0 Å². The van der Waals surface area contributed by atoms with Gasteiger partial charge >= 0.3 is 11.9 Å². The Morgan fingerprint density at radius 1 is 1.19 bits per heavy atom. The lowest BCUT2D eigenvalue weighted by atomic mass is 9.93. The maximum Gasteiger partial charge on any atom is 0.323 e. The molecule has 0 saturated carbocycles. The SMILES string of the molecule is O=C(O)CN1C(=O)[C@@H](N[C@@H](COCCCC2CCNCC2)C(=O)O)CCc2ccccc21. The predicted molar refractivity (Wildman–Crippen MR) is 119 cm³/mol. The van der Waals surface area contributed by atoms with Gasteiger partial charge in [0, 0.05) is 12.3 Å². The lowest BCUT2D eigenvalue weighted by Crippen LogP contribution is -2.54. The number of amides is 1. The quantitative estimate of drug-likeness (QED) is 0.373. The van der Waals surface area contributed by atoms with Crippen LogP contribution in [0.3, 0.4) is 0 Å². The molecule has 3 rings (SSSR count). The first kappa shape index (κ1) is 24.2. The summed E-state index contributed by atoms with van der Waals surface area (Å²) in [7, 11) is 0. The second-order valence-electron chi connectivity index (χ2n) is 8.51. The van der Waals surface area contributed by atoms with E-state index < -0.39 is 36.5 Å². The average Bonchev–Trinajstić information content (AvgIpc) is 2.90. The van der Waals surface area contributed by atoms with E-state index in [0.29, 0.717) is 31.1 Å². The second-order valence-corrected chi connectivity index (χ2v) is 8.51. The number of piperidine rings is 1. The van der Waals surface area contributed by atoms with Gasteiger partial charge in [0.15, 0.2) is 0 Å². The molecule has 0 spiro atoms. The van der Waals surface area contributed by atoms with Gasteiger partial charge in [-0.05, 0) is 69.2 Å². The molecule has 9 heteroatoms. The van der Waals surface area contributed by atoms with E-state index in [9.17, 15) is 24.6 Å². The van der Waals surface area contributed by atoms with Crippen LogP contribution in [0.2, 0.25) is 0 Å². The third kappa shape index (κ3) is 6.75. The number of carbonyl (C=O) groups excluding carboxylic acids is 1. The molecule has 1 saturated heterocycles. The Morgan fingerprint density at radius 2 is 1.94 bits per heavy atom. The molecule has 1 aromatic carbocycles. The topological polar surface area (TPSA) is 128 Å². The van der Waals surface area contributed by atoms with Crippen LogP contribution in [-0.2, 0) is 25.5 Å². The van der Waals surface area contributed by atoms with Crippen molar-refractivity contribution in [3.05, 3.63) is 29.8 Å². The van der Waals surface area contributed by atoms with Crippen molar-refractivity contribution >= 4 is 23.5 Å². The van der Waals surface area contributed by atoms with Crippen LogP contribution >= 0.6 is 0 Å². The standard InChI is InChI=1S/C23H33N3O6/c27-21(28)14-26-20-6-2-1-5-17(20)7-8-18(22(26)29)25-19(23(30)31)15-32-13-3-4-16-9-11-24-12-10-16/h1-2,5-6,16,18-19,24-25H,3-4,7-15H2,(H,27,28)(H,30,31)/t18-,19-/m0/s1. The number of aliphatic carboxylic acids is 2. The fourth-order valence-electron chi connectivity index (χ4n) is 4.45. The molecule has 0 unspecified atom stereocenters. The summed E-state index contributed by atoms with van der Waals surface area (Å²) in [5, 5.41) is 25.2. The molecule has 0 aliphatic carbocycles. The highest BCUT2D eigenvalue weighted by molar-refractivity contribution is 6.02. The van der Waals surface area contributed by atoms with E-state index in [1.807, 2.05) is 12.1 Å². The highest BCUT2D eigenvalue weighted by atomic mass is 16.5. The van der Waals surface area contributed by atoms with Gasteiger partial charge in [-0.3, -0.25) is 24.6 Å². The Hall–Kier alpha value is -2.49. The van der Waals surface area contributed by atoms with Gasteiger partial charge in [-0.1, -0.05) is 18.2 Å². The van der Waals surface area contributed by atoms with Gasteiger partial charge in [0.2, 0.25) is 5.91 Å². The van der Waals surface area contributed by atoms with Crippen LogP contribution in [0.25, 0.3) is 0 Å². The van der Waals surface area contributed by atoms with Gasteiger partial charge in [-0.15, -0.1) is 0 Å². The zero-order valence-corrected chi connectivity index (χ0v) is 18.3. The average molecular weight is 448 g/mol. The van der Waals surface area contributed by atoms with Gasteiger partial charge < -0.3 is 20.3 Å². The molecule has 2 atom stereocenters. The molecule has 0 radical (unpaired) electrons. The summed E-state index contributed by atoms with van der Waals surface area (Å²) in [6, 6.07) is 5.33. The highest BCUT2D eigenvalue weighted by Crippen LogP contribution is 2.27. The maximum absolute atomic E-state index is 13.1. The minimum atomic E-state index is -1.12. The molecule has 0 aromatic heterocycles. The van der Waals surface area contributed by atoms with Gasteiger partial charge in [0.25, 0.3) is 0 Å². The molecule has 176 valence electrons. The van der Waals surface area contributed by atoms with E-state index in [1.165, 1.54) is 17.7 Å². The van der Waals surface area contributed by atoms with Crippen molar-refractivity contribution < 1.29 is 29.3 Å². The maximum atomic E-state index is 13.1. The van der Waals surface area contributed by atoms with Crippen molar-refractivity contribution in [3.63, 3.8) is 0 Å². The Bertz CT molecular complexity index is 796. The van der Waals surface area contributed by atoms with Crippen molar-refractivity contribution in [2.45, 2.75) is 50.6 Å². The van der Waals surface area contributed by atoms with E-state index in [4.69, 9.17) is 4.74 Å². The van der Waals surface area contributed by atoms with Crippen molar-refractivity contribution in [3.8, 4) is 0 Å². The van der Waals surface area contributed by atoms with Gasteiger partial charge in [0.1, 0.15) is 12.6 Å². The van der Waals surface area contributed by atoms with E-state index in [1.54, 1.807) is 12.1 Å². The summed E-state index contributed by atoms with van der Waals surface area (Å²) < 4.78 is 5.63. The van der Waals surface area contributed by atoms with E-state index in [2.05, 4.69) is 10.6 Å². The number of carboxylic acid groups (broad SMARTS) is 2. The molecule has 2 aliphatic heterocycles. The molecule has 9 nitrogen and oxygen atoms in total. The summed E-state index contributed by atoms with van der Waals surface area (Å²) in [4.78, 5) is 37.5. The summed E-state index contributed by atoms with van der Waals surface area (Å²) >= 11 is 0. The number of anilines is 1. The first-order valence-electron chi connectivity index (χ1n) is 11.3. The van der Waals surface area contributed by atoms with Gasteiger partial charge in [-0.2, -0.15) is 0 Å². The van der Waals surface area contributed by atoms with Crippen LogP contribution in [0.1, 0.15) is 37.7 Å². The van der Waals surface area contributed by atoms with Gasteiger partial charge in [-0.25, -0.2) is 0 Å². The largest absolute Gasteiger partial charge is 0.480 e. The zero-order valence-electron chi connectivity index (χ0n) is 18.3. The number of carboxylic acids is 2. The van der Waals surface area contributed by atoms with Crippen LogP contribution in [0.15, 0.2) is 24.3 Å². The van der Waals surface area contributed by atoms with Gasteiger partial charge in [0.05, 0.1) is 12.6 Å². The number of nitrogens with one attached hydrogen (secondary N) is 2. The summed E-state index contributed by atoms with van der Waals surface area (Å²) in [5.74, 6) is -1.96. The molecule has 32 heavy (non-hydrogen) atoms. The van der Waals surface area contributed by atoms with Crippen LogP contribution in [0.4, 0.5) is 5.69 Å². The number of nitrogens with zero attached hydrogens (tertiary/aromatic N) is 1. The van der Waals surface area contributed by atoms with E-state index >= 15 is 0 Å². The molecule has 1 aromatic rings. The number of benzene rings is 1. The predicted octanol–water partition coefficient (Wildman–Crippen LogP) is 1.26. The van der Waals surface area contributed by atoms with E-state index in [0.717, 1.165) is 31.5 Å².